The number of urea groups is 1. The van der Waals surface area contributed by atoms with E-state index in [9.17, 15) is 9.59 Å². The molecule has 0 rings (SSSR count). The normalized spacial score (nSPS) is 13.1. The van der Waals surface area contributed by atoms with Crippen LogP contribution < -0.4 is 10.6 Å². The molecule has 0 radical (unpaired) electrons. The van der Waals surface area contributed by atoms with Gasteiger partial charge in [0, 0.05) is 26.6 Å². The Hall–Kier alpha value is -1.30. The molecule has 0 bridgehead atoms. The van der Waals surface area contributed by atoms with E-state index in [-0.39, 0.29) is 18.4 Å². The van der Waals surface area contributed by atoms with Gasteiger partial charge < -0.3 is 20.5 Å². The summed E-state index contributed by atoms with van der Waals surface area (Å²) in [7, 11) is 1.59. The molecule has 0 aliphatic heterocycles. The molecule has 0 unspecified atom stereocenters. The van der Waals surface area contributed by atoms with E-state index in [1.807, 2.05) is 27.7 Å². The van der Waals surface area contributed by atoms with Gasteiger partial charge in [0.1, 0.15) is 0 Å². The monoisotopic (exact) mass is 288 g/mol. The molecule has 118 valence electrons. The zero-order chi connectivity index (χ0) is 15.8. The first-order valence-electron chi connectivity index (χ1n) is 6.95. The summed E-state index contributed by atoms with van der Waals surface area (Å²) in [6.45, 7) is 8.58. The molecular formula is C14H28N2O4. The number of hydrogen-bond donors (Lipinski definition) is 3. The minimum atomic E-state index is -0.835. The van der Waals surface area contributed by atoms with Crippen LogP contribution >= 0.6 is 0 Å². The number of amides is 2. The van der Waals surface area contributed by atoms with Crippen molar-refractivity contribution in [3.8, 4) is 0 Å². The molecule has 0 aliphatic carbocycles. The lowest BCUT2D eigenvalue weighted by atomic mass is 9.94. The summed E-state index contributed by atoms with van der Waals surface area (Å²) < 4.78 is 5.20. The third-order valence-electron chi connectivity index (χ3n) is 3.05. The summed E-state index contributed by atoms with van der Waals surface area (Å²) in [5.74, 6) is -0.483. The van der Waals surface area contributed by atoms with Crippen molar-refractivity contribution in [2.45, 2.75) is 46.1 Å². The zero-order valence-corrected chi connectivity index (χ0v) is 13.2. The second-order valence-corrected chi connectivity index (χ2v) is 6.12. The molecule has 0 fully saturated rings. The van der Waals surface area contributed by atoms with E-state index in [4.69, 9.17) is 9.84 Å². The lowest BCUT2D eigenvalue weighted by Crippen LogP contribution is -2.45. The summed E-state index contributed by atoms with van der Waals surface area (Å²) >= 11 is 0. The number of aliphatic carboxylic acids is 1. The van der Waals surface area contributed by atoms with Crippen molar-refractivity contribution in [2.75, 3.05) is 20.2 Å². The lowest BCUT2D eigenvalue weighted by Gasteiger charge is -2.24. The van der Waals surface area contributed by atoms with Gasteiger partial charge in [-0.2, -0.15) is 0 Å². The molecule has 1 atom stereocenters. The Morgan fingerprint density at radius 2 is 1.85 bits per heavy atom. The molecule has 0 aromatic carbocycles. The van der Waals surface area contributed by atoms with Crippen LogP contribution in [0.3, 0.4) is 0 Å². The number of carboxylic acids is 1. The highest BCUT2D eigenvalue weighted by molar-refractivity contribution is 5.74. The van der Waals surface area contributed by atoms with E-state index in [1.54, 1.807) is 7.11 Å². The van der Waals surface area contributed by atoms with E-state index in [2.05, 4.69) is 10.6 Å². The van der Waals surface area contributed by atoms with Crippen LogP contribution in [0.15, 0.2) is 0 Å². The van der Waals surface area contributed by atoms with E-state index >= 15 is 0 Å². The van der Waals surface area contributed by atoms with Crippen molar-refractivity contribution in [1.82, 2.24) is 10.6 Å². The highest BCUT2D eigenvalue weighted by atomic mass is 16.5. The third kappa shape index (κ3) is 9.61. The smallest absolute Gasteiger partial charge is 0.314 e. The van der Waals surface area contributed by atoms with Gasteiger partial charge >= 0.3 is 12.0 Å². The van der Waals surface area contributed by atoms with Crippen LogP contribution in [0.2, 0.25) is 0 Å². The van der Waals surface area contributed by atoms with Crippen LogP contribution in [-0.2, 0) is 9.53 Å². The standard InChI is InChI=1S/C14H28N2O4/c1-10(2)6-11(7-12(17)18)8-15-13(19)16-9-14(3,4)20-5/h10-11H,6-9H2,1-5H3,(H,17,18)(H2,15,16,19)/t11-/m0/s1. The number of ether oxygens (including phenoxy) is 1. The molecule has 0 aromatic heterocycles. The number of nitrogens with one attached hydrogen (secondary N) is 2. The topological polar surface area (TPSA) is 87.7 Å². The Labute approximate surface area is 121 Å². The number of hydrogen-bond acceptors (Lipinski definition) is 3. The Morgan fingerprint density at radius 3 is 2.30 bits per heavy atom. The maximum Gasteiger partial charge on any atom is 0.314 e. The van der Waals surface area contributed by atoms with Crippen molar-refractivity contribution in [1.29, 1.82) is 0 Å². The van der Waals surface area contributed by atoms with E-state index in [0.717, 1.165) is 6.42 Å². The Kier molecular flexibility index (Phi) is 8.22. The second kappa shape index (κ2) is 8.79. The van der Waals surface area contributed by atoms with Crippen LogP contribution in [0.4, 0.5) is 4.79 Å². The summed E-state index contributed by atoms with van der Waals surface area (Å²) in [6, 6.07) is -0.297. The Bertz CT molecular complexity index is 316. The minimum Gasteiger partial charge on any atom is -0.481 e. The molecule has 2 amide bonds. The number of rotatable bonds is 9. The SMILES string of the molecule is COC(C)(C)CNC(=O)NC[C@H](CC(=O)O)CC(C)C. The molecule has 0 aliphatic rings. The van der Waals surface area contributed by atoms with Gasteiger partial charge in [-0.15, -0.1) is 0 Å². The largest absolute Gasteiger partial charge is 0.481 e. The van der Waals surface area contributed by atoms with Crippen molar-refractivity contribution in [3.63, 3.8) is 0 Å². The zero-order valence-electron chi connectivity index (χ0n) is 13.2. The highest BCUT2D eigenvalue weighted by Gasteiger charge is 2.19. The van der Waals surface area contributed by atoms with Crippen LogP contribution in [0.1, 0.15) is 40.5 Å². The molecule has 6 heteroatoms. The molecule has 0 aromatic rings. The maximum absolute atomic E-state index is 11.7. The van der Waals surface area contributed by atoms with Crippen molar-refractivity contribution in [3.05, 3.63) is 0 Å². The fourth-order valence-electron chi connectivity index (χ4n) is 1.82. The summed E-state index contributed by atoms with van der Waals surface area (Å²) in [5.41, 5.74) is -0.421. The van der Waals surface area contributed by atoms with Crippen LogP contribution in [0.25, 0.3) is 0 Å². The molecule has 20 heavy (non-hydrogen) atoms. The number of carboxylic acid groups (broad SMARTS) is 1. The predicted octanol–water partition coefficient (Wildman–Crippen LogP) is 1.85. The average Bonchev–Trinajstić information content (AvgIpc) is 2.32. The van der Waals surface area contributed by atoms with Crippen LogP contribution in [0, 0.1) is 11.8 Å². The number of methoxy groups -OCH3 is 1. The highest BCUT2D eigenvalue weighted by Crippen LogP contribution is 2.14. The fourth-order valence-corrected chi connectivity index (χ4v) is 1.82. The molecule has 0 spiro atoms. The fraction of sp³-hybridized carbons (Fsp3) is 0.857. The van der Waals surface area contributed by atoms with Gasteiger partial charge in [-0.25, -0.2) is 4.79 Å². The predicted molar refractivity (Wildman–Crippen MR) is 77.7 cm³/mol. The van der Waals surface area contributed by atoms with E-state index in [1.165, 1.54) is 0 Å². The Morgan fingerprint density at radius 1 is 1.25 bits per heavy atom. The quantitative estimate of drug-likeness (QED) is 0.604. The average molecular weight is 288 g/mol. The van der Waals surface area contributed by atoms with Crippen LogP contribution in [-0.4, -0.2) is 42.9 Å². The van der Waals surface area contributed by atoms with E-state index in [0.29, 0.717) is 19.0 Å². The van der Waals surface area contributed by atoms with Gasteiger partial charge in [0.25, 0.3) is 0 Å². The molecular weight excluding hydrogens is 260 g/mol. The molecule has 0 saturated carbocycles. The number of carbonyl (C=O) groups is 2. The van der Waals surface area contributed by atoms with Crippen molar-refractivity contribution >= 4 is 12.0 Å². The first kappa shape index (κ1) is 18.7. The van der Waals surface area contributed by atoms with E-state index < -0.39 is 11.6 Å². The second-order valence-electron chi connectivity index (χ2n) is 6.12. The van der Waals surface area contributed by atoms with Gasteiger partial charge in [0.2, 0.25) is 0 Å². The summed E-state index contributed by atoms with van der Waals surface area (Å²) in [4.78, 5) is 22.4. The first-order chi connectivity index (χ1) is 9.16. The molecule has 0 saturated heterocycles. The van der Waals surface area contributed by atoms with Crippen molar-refractivity contribution < 1.29 is 19.4 Å². The van der Waals surface area contributed by atoms with Crippen molar-refractivity contribution in [2.24, 2.45) is 11.8 Å². The Balaban J connectivity index is 4.13. The molecule has 3 N–H and O–H groups in total. The van der Waals surface area contributed by atoms with Crippen LogP contribution in [0.5, 0.6) is 0 Å². The van der Waals surface area contributed by atoms with Gasteiger partial charge in [0.05, 0.1) is 5.60 Å². The summed E-state index contributed by atoms with van der Waals surface area (Å²) in [6.07, 6.45) is 0.845. The molecule has 0 heterocycles. The summed E-state index contributed by atoms with van der Waals surface area (Å²) in [5, 5.41) is 14.3. The first-order valence-corrected chi connectivity index (χ1v) is 6.95. The lowest BCUT2D eigenvalue weighted by molar-refractivity contribution is -0.138. The number of carbonyl (C=O) groups excluding carboxylic acids is 1. The van der Waals surface area contributed by atoms with Gasteiger partial charge in [-0.3, -0.25) is 4.79 Å². The molecule has 6 nitrogen and oxygen atoms in total. The third-order valence-corrected chi connectivity index (χ3v) is 3.05. The van der Waals surface area contributed by atoms with Gasteiger partial charge in [0.15, 0.2) is 0 Å². The minimum absolute atomic E-state index is 0.0475. The van der Waals surface area contributed by atoms with Gasteiger partial charge in [-0.05, 0) is 32.1 Å². The maximum atomic E-state index is 11.7. The van der Waals surface area contributed by atoms with Gasteiger partial charge in [-0.1, -0.05) is 13.8 Å².